The SMILES string of the molecule is CNC(=O)O[C@H](C(C)C)C1C[C@@H](C)[C@H]2C(O1)[C@H](O)[C@@]1(C)C3CC[C@H]4C(C)(C)[C@@H](OC(N)=O)CC[C@@]45C[C@@]35CC[C@]21C. The lowest BCUT2D eigenvalue weighted by molar-refractivity contribution is -0.184. The molecule has 6 fully saturated rings. The van der Waals surface area contributed by atoms with Gasteiger partial charge in [0.2, 0.25) is 0 Å². The van der Waals surface area contributed by atoms with Crippen LogP contribution in [0.2, 0.25) is 0 Å². The first-order valence-corrected chi connectivity index (χ1v) is 16.3. The van der Waals surface area contributed by atoms with E-state index in [1.165, 1.54) is 12.8 Å². The number of hydrogen-bond acceptors (Lipinski definition) is 6. The molecule has 6 aliphatic rings. The van der Waals surface area contributed by atoms with Crippen LogP contribution in [0, 0.1) is 56.7 Å². The highest BCUT2D eigenvalue weighted by molar-refractivity contribution is 5.67. The Morgan fingerprint density at radius 2 is 1.68 bits per heavy atom. The predicted octanol–water partition coefficient (Wildman–Crippen LogP) is 5.64. The molecular weight excluding hydrogens is 520 g/mol. The van der Waals surface area contributed by atoms with Crippen LogP contribution in [0.4, 0.5) is 9.59 Å². The third kappa shape index (κ3) is 3.64. The third-order valence-corrected chi connectivity index (χ3v) is 14.5. The van der Waals surface area contributed by atoms with Gasteiger partial charge in [-0.25, -0.2) is 9.59 Å². The number of aliphatic hydroxyl groups is 1. The van der Waals surface area contributed by atoms with E-state index in [0.717, 1.165) is 38.5 Å². The molecule has 0 aromatic carbocycles. The van der Waals surface area contributed by atoms with E-state index < -0.39 is 18.3 Å². The van der Waals surface area contributed by atoms with E-state index in [4.69, 9.17) is 19.9 Å². The van der Waals surface area contributed by atoms with E-state index in [0.29, 0.717) is 17.8 Å². The lowest BCUT2D eigenvalue weighted by Crippen LogP contribution is -2.60. The van der Waals surface area contributed by atoms with E-state index in [-0.39, 0.29) is 63.3 Å². The van der Waals surface area contributed by atoms with Gasteiger partial charge in [0.05, 0.1) is 18.3 Å². The van der Waals surface area contributed by atoms with Gasteiger partial charge in [-0.1, -0.05) is 48.5 Å². The number of rotatable bonds is 4. The smallest absolute Gasteiger partial charge is 0.407 e. The van der Waals surface area contributed by atoms with Crippen LogP contribution in [-0.4, -0.2) is 54.9 Å². The highest BCUT2D eigenvalue weighted by Gasteiger charge is 2.84. The second-order valence-corrected chi connectivity index (χ2v) is 16.3. The van der Waals surface area contributed by atoms with E-state index >= 15 is 0 Å². The molecule has 2 spiro atoms. The van der Waals surface area contributed by atoms with Crippen molar-refractivity contribution in [3.8, 4) is 0 Å². The number of hydrogen-bond donors (Lipinski definition) is 3. The van der Waals surface area contributed by atoms with Crippen molar-refractivity contribution in [2.75, 3.05) is 7.05 Å². The highest BCUT2D eigenvalue weighted by Crippen LogP contribution is 2.89. The van der Waals surface area contributed by atoms with Crippen molar-refractivity contribution in [1.82, 2.24) is 5.32 Å². The average Bonchev–Trinajstić information content (AvgIpc) is 3.53. The lowest BCUT2D eigenvalue weighted by atomic mass is 9.41. The molecule has 0 radical (unpaired) electrons. The fourth-order valence-corrected chi connectivity index (χ4v) is 12.7. The number of carbonyl (C=O) groups is 2. The van der Waals surface area contributed by atoms with Gasteiger partial charge >= 0.3 is 12.2 Å². The first-order chi connectivity index (χ1) is 19.1. The Morgan fingerprint density at radius 3 is 2.32 bits per heavy atom. The summed E-state index contributed by atoms with van der Waals surface area (Å²) < 4.78 is 18.4. The Morgan fingerprint density at radius 1 is 1.02 bits per heavy atom. The van der Waals surface area contributed by atoms with Crippen molar-refractivity contribution in [2.24, 2.45) is 62.4 Å². The van der Waals surface area contributed by atoms with E-state index in [2.05, 4.69) is 53.8 Å². The molecule has 0 aromatic heterocycles. The molecule has 3 unspecified atom stereocenters. The molecule has 5 aliphatic carbocycles. The fraction of sp³-hybridized carbons (Fsp3) is 0.939. The van der Waals surface area contributed by atoms with Crippen LogP contribution in [-0.2, 0) is 14.2 Å². The van der Waals surface area contributed by atoms with Gasteiger partial charge < -0.3 is 30.4 Å². The Bertz CT molecular complexity index is 1100. The summed E-state index contributed by atoms with van der Waals surface area (Å²) in [6.07, 6.45) is 5.86. The maximum atomic E-state index is 12.4. The zero-order chi connectivity index (χ0) is 29.9. The number of alkyl carbamates (subject to hydrolysis) is 1. The second-order valence-electron chi connectivity index (χ2n) is 16.3. The number of aliphatic hydroxyl groups excluding tert-OH is 1. The molecule has 0 bridgehead atoms. The van der Waals surface area contributed by atoms with Crippen molar-refractivity contribution in [2.45, 2.75) is 130 Å². The quantitative estimate of drug-likeness (QED) is 0.399. The van der Waals surface area contributed by atoms with Gasteiger partial charge in [0.25, 0.3) is 0 Å². The van der Waals surface area contributed by atoms with Gasteiger partial charge in [0.1, 0.15) is 12.2 Å². The standard InChI is InChI=1S/C33H54N2O6/c1-17(2)24(41-28(38)35-8)19-15-18(3)23-25(39-19)26(36)31(7)21-10-9-20-29(4,5)22(40-27(34)37)11-12-32(20)16-33(21,32)14-13-30(23,31)6/h17-26,36H,9-16H2,1-8H3,(H2,34,37)(H,35,38)/t18-,19?,20+,21?,22+,23+,24-,25?,26+,30-,31-,32-,33+/m1/s1. The van der Waals surface area contributed by atoms with Crippen LogP contribution in [0.1, 0.15) is 99.8 Å². The van der Waals surface area contributed by atoms with Crippen molar-refractivity contribution in [3.05, 3.63) is 0 Å². The van der Waals surface area contributed by atoms with Crippen LogP contribution in [0.3, 0.4) is 0 Å². The highest BCUT2D eigenvalue weighted by atomic mass is 16.6. The fourth-order valence-electron chi connectivity index (χ4n) is 12.7. The molecule has 232 valence electrons. The number of nitrogens with two attached hydrogens (primary N) is 1. The van der Waals surface area contributed by atoms with Crippen LogP contribution in [0.5, 0.6) is 0 Å². The molecule has 1 heterocycles. The van der Waals surface area contributed by atoms with Crippen molar-refractivity contribution < 1.29 is 28.9 Å². The summed E-state index contributed by atoms with van der Waals surface area (Å²) in [4.78, 5) is 23.9. The zero-order valence-electron chi connectivity index (χ0n) is 26.5. The van der Waals surface area contributed by atoms with Gasteiger partial charge in [-0.2, -0.15) is 0 Å². The molecule has 13 atom stereocenters. The summed E-state index contributed by atoms with van der Waals surface area (Å²) in [5, 5.41) is 15.0. The Kier molecular flexibility index (Phi) is 6.65. The monoisotopic (exact) mass is 574 g/mol. The topological polar surface area (TPSA) is 120 Å². The van der Waals surface area contributed by atoms with Crippen LogP contribution in [0.25, 0.3) is 0 Å². The number of nitrogens with one attached hydrogen (secondary N) is 1. The second kappa shape index (κ2) is 9.23. The van der Waals surface area contributed by atoms with Crippen LogP contribution >= 0.6 is 0 Å². The van der Waals surface area contributed by atoms with Crippen molar-refractivity contribution in [3.63, 3.8) is 0 Å². The minimum atomic E-state index is -0.663. The summed E-state index contributed by atoms with van der Waals surface area (Å²) in [6, 6.07) is 0. The first kappa shape index (κ1) is 29.5. The Hall–Kier alpha value is -1.54. The molecule has 8 heteroatoms. The van der Waals surface area contributed by atoms with Gasteiger partial charge in [-0.3, -0.25) is 0 Å². The summed E-state index contributed by atoms with van der Waals surface area (Å²) in [7, 11) is 1.58. The molecule has 1 saturated heterocycles. The van der Waals surface area contributed by atoms with Gasteiger partial charge in [0.15, 0.2) is 0 Å². The van der Waals surface area contributed by atoms with Gasteiger partial charge in [-0.05, 0) is 97.2 Å². The van der Waals surface area contributed by atoms with Gasteiger partial charge in [-0.15, -0.1) is 0 Å². The van der Waals surface area contributed by atoms with E-state index in [1.54, 1.807) is 7.05 Å². The van der Waals surface area contributed by atoms with E-state index in [9.17, 15) is 14.7 Å². The largest absolute Gasteiger partial charge is 0.446 e. The molecule has 2 amide bonds. The minimum absolute atomic E-state index is 0.0230. The summed E-state index contributed by atoms with van der Waals surface area (Å²) in [5.74, 6) is 1.66. The van der Waals surface area contributed by atoms with Crippen LogP contribution < -0.4 is 11.1 Å². The zero-order valence-corrected chi connectivity index (χ0v) is 26.5. The summed E-state index contributed by atoms with van der Waals surface area (Å²) >= 11 is 0. The number of amides is 2. The Labute approximate surface area is 246 Å². The molecule has 6 rings (SSSR count). The molecule has 5 saturated carbocycles. The number of primary amides is 1. The van der Waals surface area contributed by atoms with Crippen LogP contribution in [0.15, 0.2) is 0 Å². The van der Waals surface area contributed by atoms with Crippen molar-refractivity contribution in [1.29, 1.82) is 0 Å². The maximum absolute atomic E-state index is 12.4. The summed E-state index contributed by atoms with van der Waals surface area (Å²) in [5.41, 5.74) is 5.58. The predicted molar refractivity (Wildman–Crippen MR) is 155 cm³/mol. The van der Waals surface area contributed by atoms with Gasteiger partial charge in [0, 0.05) is 17.9 Å². The third-order valence-electron chi connectivity index (χ3n) is 14.5. The molecule has 0 aromatic rings. The Balaban J connectivity index is 1.31. The minimum Gasteiger partial charge on any atom is -0.446 e. The molecule has 1 aliphatic heterocycles. The van der Waals surface area contributed by atoms with E-state index in [1.807, 2.05) is 0 Å². The normalized spacial score (nSPS) is 51.7. The average molecular weight is 575 g/mol. The number of carbonyl (C=O) groups excluding carboxylic acids is 2. The molecule has 8 nitrogen and oxygen atoms in total. The lowest BCUT2D eigenvalue weighted by Gasteiger charge is -2.63. The number of ether oxygens (including phenoxy) is 3. The molecule has 4 N–H and O–H groups in total. The first-order valence-electron chi connectivity index (χ1n) is 16.3. The van der Waals surface area contributed by atoms with Crippen molar-refractivity contribution >= 4 is 12.2 Å². The molecular formula is C33H54N2O6. The summed E-state index contributed by atoms with van der Waals surface area (Å²) in [6.45, 7) is 15.9. The maximum Gasteiger partial charge on any atom is 0.407 e. The number of fused-ring (bicyclic) bond motifs is 4. The molecule has 41 heavy (non-hydrogen) atoms.